The van der Waals surface area contributed by atoms with E-state index in [9.17, 15) is 19.2 Å². The average molecular weight is 566 g/mol. The Kier molecular flexibility index (Phi) is 19.2. The molecule has 1 aromatic rings. The zero-order valence-corrected chi connectivity index (χ0v) is 22.5. The van der Waals surface area contributed by atoms with Crippen LogP contribution < -0.4 is 16.4 Å². The first-order chi connectivity index (χ1) is 19.3. The van der Waals surface area contributed by atoms with Crippen molar-refractivity contribution >= 4 is 29.8 Å². The van der Waals surface area contributed by atoms with Crippen LogP contribution in [-0.2, 0) is 44.5 Å². The number of ether oxygens (including phenoxy) is 4. The van der Waals surface area contributed by atoms with Crippen molar-refractivity contribution in [2.75, 3.05) is 59.4 Å². The molecule has 0 bridgehead atoms. The van der Waals surface area contributed by atoms with Gasteiger partial charge in [0.05, 0.1) is 65.3 Å². The van der Waals surface area contributed by atoms with Crippen LogP contribution in [0.25, 0.3) is 5.53 Å². The van der Waals surface area contributed by atoms with Gasteiger partial charge in [0.2, 0.25) is 17.6 Å². The lowest BCUT2D eigenvalue weighted by Gasteiger charge is -2.21. The smallest absolute Gasteiger partial charge is 0.323 e. The number of nitrogens with zero attached hydrogens (tertiary/aromatic N) is 2. The molecule has 1 aromatic carbocycles. The summed E-state index contributed by atoms with van der Waals surface area (Å²) in [5, 5.41) is 13.9. The third-order valence-electron chi connectivity index (χ3n) is 5.28. The number of carboxylic acid groups (broad SMARTS) is 1. The van der Waals surface area contributed by atoms with E-state index in [-0.39, 0.29) is 45.4 Å². The largest absolute Gasteiger partial charge is 0.481 e. The molecule has 0 fully saturated rings. The minimum Gasteiger partial charge on any atom is -0.481 e. The topological polar surface area (TPSA) is 212 Å². The van der Waals surface area contributed by atoms with Crippen LogP contribution in [0.3, 0.4) is 0 Å². The van der Waals surface area contributed by atoms with Crippen molar-refractivity contribution in [2.45, 2.75) is 37.8 Å². The van der Waals surface area contributed by atoms with Crippen LogP contribution in [0.5, 0.6) is 0 Å². The van der Waals surface area contributed by atoms with Crippen LogP contribution in [0, 0.1) is 0 Å². The van der Waals surface area contributed by atoms with Crippen molar-refractivity contribution in [3.63, 3.8) is 0 Å². The summed E-state index contributed by atoms with van der Waals surface area (Å²) in [4.78, 5) is 49.8. The Morgan fingerprint density at radius 2 is 1.45 bits per heavy atom. The highest BCUT2D eigenvalue weighted by molar-refractivity contribution is 6.25. The number of rotatable bonds is 24. The second-order valence-corrected chi connectivity index (χ2v) is 8.49. The molecule has 1 rings (SSSR count). The van der Waals surface area contributed by atoms with Gasteiger partial charge in [-0.05, 0) is 12.0 Å². The summed E-state index contributed by atoms with van der Waals surface area (Å²) in [5.74, 6) is -2.36. The summed E-state index contributed by atoms with van der Waals surface area (Å²) in [7, 11) is 0. The number of carboxylic acids is 1. The number of Topliss-reactive ketones (excluding diaryl/α,β-unsaturated/α-hetero) is 1. The maximum atomic E-state index is 12.8. The molecule has 5 N–H and O–H groups in total. The number of amides is 2. The Balaban J connectivity index is 2.27. The van der Waals surface area contributed by atoms with E-state index in [1.165, 1.54) is 0 Å². The molecule has 0 aliphatic rings. The SMILES string of the molecule is [N-]=[N+]=CC(=O)CCC(N)C(=O)NC(Cc1ccccc1)C(=O)NCCOCCOCCOCCOCCC(=O)O. The highest BCUT2D eigenvalue weighted by atomic mass is 16.6. The zero-order chi connectivity index (χ0) is 29.4. The van der Waals surface area contributed by atoms with Crippen molar-refractivity contribution in [3.8, 4) is 0 Å². The van der Waals surface area contributed by atoms with E-state index in [2.05, 4.69) is 15.4 Å². The van der Waals surface area contributed by atoms with Gasteiger partial charge in [-0.15, -0.1) is 0 Å². The number of nitrogens with two attached hydrogens (primary N) is 1. The lowest BCUT2D eigenvalue weighted by atomic mass is 10.0. The van der Waals surface area contributed by atoms with Crippen molar-refractivity contribution in [1.29, 1.82) is 0 Å². The third kappa shape index (κ3) is 17.9. The molecule has 0 aromatic heterocycles. The van der Waals surface area contributed by atoms with E-state index in [0.29, 0.717) is 39.6 Å². The summed E-state index contributed by atoms with van der Waals surface area (Å²) in [6, 6.07) is 7.26. The highest BCUT2D eigenvalue weighted by Gasteiger charge is 2.24. The molecule has 0 saturated carbocycles. The van der Waals surface area contributed by atoms with Gasteiger partial charge in [0.1, 0.15) is 6.04 Å². The molecule has 14 nitrogen and oxygen atoms in total. The van der Waals surface area contributed by atoms with Crippen LogP contribution in [0.2, 0.25) is 0 Å². The molecule has 40 heavy (non-hydrogen) atoms. The zero-order valence-electron chi connectivity index (χ0n) is 22.5. The maximum absolute atomic E-state index is 12.8. The lowest BCUT2D eigenvalue weighted by molar-refractivity contribution is -0.138. The van der Waals surface area contributed by atoms with Crippen LogP contribution in [0.1, 0.15) is 24.8 Å². The summed E-state index contributed by atoms with van der Waals surface area (Å²) < 4.78 is 21.2. The molecule has 0 radical (unpaired) electrons. The van der Waals surface area contributed by atoms with Gasteiger partial charge in [0.15, 0.2) is 0 Å². The number of aliphatic carboxylic acids is 1. The number of hydrogen-bond donors (Lipinski definition) is 4. The highest BCUT2D eigenvalue weighted by Crippen LogP contribution is 2.05. The third-order valence-corrected chi connectivity index (χ3v) is 5.28. The van der Waals surface area contributed by atoms with Crippen molar-refractivity contribution in [2.24, 2.45) is 5.73 Å². The molecular formula is C26H39N5O9. The predicted octanol–water partition coefficient (Wildman–Crippen LogP) is -0.652. The minimum absolute atomic E-state index is 0.0292. The number of ketones is 1. The second-order valence-electron chi connectivity index (χ2n) is 8.49. The summed E-state index contributed by atoms with van der Waals surface area (Å²) in [5.41, 5.74) is 15.1. The number of hydrogen-bond acceptors (Lipinski definition) is 9. The number of nitrogens with one attached hydrogen (secondary N) is 2. The Hall–Kier alpha value is -3.52. The van der Waals surface area contributed by atoms with Crippen LogP contribution in [0.15, 0.2) is 30.3 Å². The number of benzene rings is 1. The molecule has 0 saturated heterocycles. The van der Waals surface area contributed by atoms with Crippen LogP contribution in [-0.4, -0.2) is 111 Å². The predicted molar refractivity (Wildman–Crippen MR) is 143 cm³/mol. The van der Waals surface area contributed by atoms with Gasteiger partial charge in [-0.25, -0.2) is 0 Å². The summed E-state index contributed by atoms with van der Waals surface area (Å²) >= 11 is 0. The normalized spacial score (nSPS) is 12.1. The van der Waals surface area contributed by atoms with Crippen LogP contribution >= 0.6 is 0 Å². The molecule has 0 aliphatic carbocycles. The Labute approximate surface area is 233 Å². The maximum Gasteiger partial charge on any atom is 0.323 e. The van der Waals surface area contributed by atoms with E-state index >= 15 is 0 Å². The van der Waals surface area contributed by atoms with E-state index in [0.717, 1.165) is 11.8 Å². The van der Waals surface area contributed by atoms with Gasteiger partial charge in [0, 0.05) is 19.4 Å². The average Bonchev–Trinajstić information content (AvgIpc) is 2.93. The molecule has 2 atom stereocenters. The standard InChI is InChI=1S/C26H39N5O9/c27-22(7-6-21(32)19-30-28)25(35)31-23(18-20-4-2-1-3-5-20)26(36)29-9-11-38-13-15-40-17-16-39-14-12-37-10-8-24(33)34/h1-5,19,22-23H,6-18,27H2,(H,29,36)(H,31,35)(H,33,34). The second kappa shape index (κ2) is 22.3. The van der Waals surface area contributed by atoms with E-state index in [4.69, 9.17) is 35.3 Å². The first-order valence-corrected chi connectivity index (χ1v) is 12.9. The van der Waals surface area contributed by atoms with Gasteiger partial charge in [-0.1, -0.05) is 30.3 Å². The molecule has 0 aliphatic heterocycles. The fourth-order valence-electron chi connectivity index (χ4n) is 3.19. The summed E-state index contributed by atoms with van der Waals surface area (Å²) in [6.07, 6.45) is 0.897. The van der Waals surface area contributed by atoms with Gasteiger partial charge in [-0.3, -0.25) is 19.2 Å². The number of carbonyl (C=O) groups excluding carboxylic acids is 3. The van der Waals surface area contributed by atoms with Crippen molar-refractivity contribution in [3.05, 3.63) is 41.4 Å². The molecule has 0 heterocycles. The van der Waals surface area contributed by atoms with Crippen molar-refractivity contribution in [1.82, 2.24) is 10.6 Å². The van der Waals surface area contributed by atoms with E-state index in [1.54, 1.807) is 0 Å². The number of carbonyl (C=O) groups is 4. The Morgan fingerprint density at radius 3 is 2.02 bits per heavy atom. The first kappa shape index (κ1) is 34.5. The lowest BCUT2D eigenvalue weighted by Crippen LogP contribution is -2.53. The molecule has 2 unspecified atom stereocenters. The van der Waals surface area contributed by atoms with Gasteiger partial charge >= 0.3 is 12.2 Å². The fourth-order valence-corrected chi connectivity index (χ4v) is 3.19. The Morgan fingerprint density at radius 1 is 0.875 bits per heavy atom. The molecule has 14 heteroatoms. The quantitative estimate of drug-likeness (QED) is 0.0538. The van der Waals surface area contributed by atoms with Gasteiger partial charge in [0.25, 0.3) is 0 Å². The monoisotopic (exact) mass is 565 g/mol. The Bertz CT molecular complexity index is 942. The molecule has 2 amide bonds. The summed E-state index contributed by atoms with van der Waals surface area (Å²) in [6.45, 7) is 2.63. The fraction of sp³-hybridized carbons (Fsp3) is 0.577. The first-order valence-electron chi connectivity index (χ1n) is 12.9. The van der Waals surface area contributed by atoms with Gasteiger partial charge < -0.3 is 46.0 Å². The van der Waals surface area contributed by atoms with Crippen molar-refractivity contribution < 1.29 is 48.0 Å². The van der Waals surface area contributed by atoms with Gasteiger partial charge in [-0.2, -0.15) is 4.79 Å². The van der Waals surface area contributed by atoms with E-state index in [1.807, 2.05) is 30.3 Å². The van der Waals surface area contributed by atoms with E-state index < -0.39 is 35.7 Å². The molecule has 0 spiro atoms. The molecule has 222 valence electrons. The molecular weight excluding hydrogens is 526 g/mol. The minimum atomic E-state index is -1.02. The van der Waals surface area contributed by atoms with Crippen LogP contribution in [0.4, 0.5) is 0 Å².